The monoisotopic (exact) mass is 357 g/mol. The molecule has 0 aromatic heterocycles. The predicted octanol–water partition coefficient (Wildman–Crippen LogP) is 3.42. The number of nitriles is 1. The van der Waals surface area contributed by atoms with Crippen LogP contribution in [0.3, 0.4) is 0 Å². The van der Waals surface area contributed by atoms with Crippen LogP contribution in [0.5, 0.6) is 0 Å². The molecule has 0 unspecified atom stereocenters. The second kappa shape index (κ2) is 5.46. The van der Waals surface area contributed by atoms with Crippen LogP contribution in [0, 0.1) is 23.1 Å². The van der Waals surface area contributed by atoms with Gasteiger partial charge < -0.3 is 0 Å². The minimum atomic E-state index is -3.61. The zero-order chi connectivity index (χ0) is 17.8. The first-order chi connectivity index (χ1) is 11.9. The van der Waals surface area contributed by atoms with Gasteiger partial charge in [-0.1, -0.05) is 12.1 Å². The van der Waals surface area contributed by atoms with Gasteiger partial charge >= 0.3 is 10.2 Å². The summed E-state index contributed by atoms with van der Waals surface area (Å²) in [4.78, 5) is 0. The summed E-state index contributed by atoms with van der Waals surface area (Å²) in [5.74, 6) is -0.0381. The molecule has 1 fully saturated rings. The molecule has 0 radical (unpaired) electrons. The van der Waals surface area contributed by atoms with Gasteiger partial charge in [0.1, 0.15) is 11.9 Å². The molecular weight excluding hydrogens is 341 g/mol. The molecule has 0 bridgehead atoms. The minimum absolute atomic E-state index is 0.0270. The van der Waals surface area contributed by atoms with E-state index in [-0.39, 0.29) is 5.56 Å². The molecule has 0 amide bonds. The number of nitrogens with zero attached hydrogens (tertiary/aromatic N) is 2. The molecule has 0 spiro atoms. The summed E-state index contributed by atoms with van der Waals surface area (Å²) < 4.78 is 42.7. The molecular formula is C18H16FN3O2S. The van der Waals surface area contributed by atoms with E-state index < -0.39 is 16.0 Å². The van der Waals surface area contributed by atoms with E-state index in [1.807, 2.05) is 12.1 Å². The second-order valence-electron chi connectivity index (χ2n) is 6.53. The van der Waals surface area contributed by atoms with Crippen LogP contribution >= 0.6 is 0 Å². The average molecular weight is 357 g/mol. The Bertz CT molecular complexity index is 1020. The lowest BCUT2D eigenvalue weighted by Gasteiger charge is -2.14. The lowest BCUT2D eigenvalue weighted by molar-refractivity contribution is 0.601. The fourth-order valence-corrected chi connectivity index (χ4v) is 4.20. The normalized spacial score (nSPS) is 17.7. The van der Waals surface area contributed by atoms with E-state index in [2.05, 4.69) is 4.72 Å². The molecule has 5 nitrogen and oxygen atoms in total. The summed E-state index contributed by atoms with van der Waals surface area (Å²) >= 11 is 0. The quantitative estimate of drug-likeness (QED) is 0.915. The third kappa shape index (κ3) is 2.63. The molecule has 4 rings (SSSR count). The molecule has 1 aliphatic heterocycles. The van der Waals surface area contributed by atoms with E-state index >= 15 is 0 Å². The number of halogens is 1. The number of fused-ring (bicyclic) bond motifs is 1. The third-order valence-corrected chi connectivity index (χ3v) is 6.15. The van der Waals surface area contributed by atoms with Crippen LogP contribution in [0.1, 0.15) is 24.0 Å². The zero-order valence-corrected chi connectivity index (χ0v) is 14.4. The van der Waals surface area contributed by atoms with Gasteiger partial charge in [-0.2, -0.15) is 13.7 Å². The van der Waals surface area contributed by atoms with Gasteiger partial charge in [-0.15, -0.1) is 0 Å². The molecule has 2 aromatic carbocycles. The minimum Gasteiger partial charge on any atom is -0.264 e. The molecule has 128 valence electrons. The van der Waals surface area contributed by atoms with Crippen molar-refractivity contribution in [1.82, 2.24) is 0 Å². The van der Waals surface area contributed by atoms with Gasteiger partial charge in [-0.05, 0) is 54.5 Å². The number of nitrogens with one attached hydrogen (secondary N) is 1. The Morgan fingerprint density at radius 3 is 2.80 bits per heavy atom. The Labute approximate surface area is 145 Å². The van der Waals surface area contributed by atoms with Crippen LogP contribution in [-0.2, 0) is 16.6 Å². The highest BCUT2D eigenvalue weighted by Crippen LogP contribution is 2.44. The first kappa shape index (κ1) is 15.9. The number of anilines is 2. The van der Waals surface area contributed by atoms with E-state index in [0.29, 0.717) is 28.4 Å². The topological polar surface area (TPSA) is 73.2 Å². The Morgan fingerprint density at radius 1 is 1.36 bits per heavy atom. The highest BCUT2D eigenvalue weighted by molar-refractivity contribution is 7.94. The molecule has 0 atom stereocenters. The van der Waals surface area contributed by atoms with E-state index in [4.69, 9.17) is 5.26 Å². The van der Waals surface area contributed by atoms with Crippen LogP contribution in [0.25, 0.3) is 11.1 Å². The Morgan fingerprint density at radius 2 is 2.12 bits per heavy atom. The molecule has 2 aromatic rings. The van der Waals surface area contributed by atoms with Crippen LogP contribution < -0.4 is 9.03 Å². The van der Waals surface area contributed by atoms with Crippen molar-refractivity contribution >= 4 is 21.6 Å². The smallest absolute Gasteiger partial charge is 0.264 e. The largest absolute Gasteiger partial charge is 0.323 e. The van der Waals surface area contributed by atoms with E-state index in [9.17, 15) is 12.8 Å². The van der Waals surface area contributed by atoms with Crippen LogP contribution in [0.15, 0.2) is 30.3 Å². The van der Waals surface area contributed by atoms with Crippen molar-refractivity contribution in [2.24, 2.45) is 5.92 Å². The standard InChI is InChI=1S/C18H16FN3O2S/c1-22-16-9-13(15-4-2-3-12(10-20)17(15)19)8-14(7-11-5-6-11)18(16)21-25(22,23)24/h2-4,8-9,11,21H,5-7H2,1H3. The van der Waals surface area contributed by atoms with Crippen LogP contribution in [0.4, 0.5) is 15.8 Å². The molecule has 25 heavy (non-hydrogen) atoms. The fraction of sp³-hybridized carbons (Fsp3) is 0.278. The van der Waals surface area contributed by atoms with Gasteiger partial charge in [0.15, 0.2) is 0 Å². The summed E-state index contributed by atoms with van der Waals surface area (Å²) in [6.45, 7) is 0. The molecule has 1 heterocycles. The van der Waals surface area contributed by atoms with Crippen molar-refractivity contribution in [3.63, 3.8) is 0 Å². The van der Waals surface area contributed by atoms with E-state index in [1.165, 1.54) is 17.4 Å². The average Bonchev–Trinajstić information content (AvgIpc) is 3.35. The molecule has 1 aliphatic carbocycles. The Hall–Kier alpha value is -2.59. The first-order valence-electron chi connectivity index (χ1n) is 8.03. The number of benzene rings is 2. The lowest BCUT2D eigenvalue weighted by Crippen LogP contribution is -2.25. The van der Waals surface area contributed by atoms with E-state index in [0.717, 1.165) is 24.8 Å². The summed E-state index contributed by atoms with van der Waals surface area (Å²) in [6, 6.07) is 9.99. The number of hydrogen-bond acceptors (Lipinski definition) is 3. The van der Waals surface area contributed by atoms with Crippen molar-refractivity contribution in [3.05, 3.63) is 47.3 Å². The number of hydrogen-bond donors (Lipinski definition) is 1. The Balaban J connectivity index is 1.91. The maximum atomic E-state index is 14.6. The lowest BCUT2D eigenvalue weighted by atomic mass is 9.96. The Kier molecular flexibility index (Phi) is 3.48. The van der Waals surface area contributed by atoms with Gasteiger partial charge in [0, 0.05) is 12.6 Å². The third-order valence-electron chi connectivity index (χ3n) is 4.77. The zero-order valence-electron chi connectivity index (χ0n) is 13.6. The highest BCUT2D eigenvalue weighted by atomic mass is 32.2. The van der Waals surface area contributed by atoms with Crippen molar-refractivity contribution < 1.29 is 12.8 Å². The summed E-state index contributed by atoms with van der Waals surface area (Å²) in [5, 5.41) is 9.05. The van der Waals surface area contributed by atoms with Crippen molar-refractivity contribution in [2.45, 2.75) is 19.3 Å². The fourth-order valence-electron chi connectivity index (χ4n) is 3.17. The predicted molar refractivity (Wildman–Crippen MR) is 93.9 cm³/mol. The van der Waals surface area contributed by atoms with Gasteiger partial charge in [-0.3, -0.25) is 9.03 Å². The van der Waals surface area contributed by atoms with Crippen molar-refractivity contribution in [3.8, 4) is 17.2 Å². The van der Waals surface area contributed by atoms with Gasteiger partial charge in [0.05, 0.1) is 16.9 Å². The summed E-state index contributed by atoms with van der Waals surface area (Å²) in [7, 11) is -2.13. The van der Waals surface area contributed by atoms with Gasteiger partial charge in [-0.25, -0.2) is 4.39 Å². The van der Waals surface area contributed by atoms with E-state index in [1.54, 1.807) is 18.2 Å². The van der Waals surface area contributed by atoms with Crippen LogP contribution in [0.2, 0.25) is 0 Å². The SMILES string of the molecule is CN1c2cc(-c3cccc(C#N)c3F)cc(CC3CC3)c2NS1(=O)=O. The second-order valence-corrected chi connectivity index (χ2v) is 8.23. The maximum absolute atomic E-state index is 14.6. The maximum Gasteiger partial charge on any atom is 0.323 e. The molecule has 0 saturated heterocycles. The molecule has 7 heteroatoms. The molecule has 1 saturated carbocycles. The number of rotatable bonds is 3. The highest BCUT2D eigenvalue weighted by Gasteiger charge is 2.34. The van der Waals surface area contributed by atoms with Crippen LogP contribution in [-0.4, -0.2) is 15.5 Å². The van der Waals surface area contributed by atoms with Crippen molar-refractivity contribution in [1.29, 1.82) is 5.26 Å². The molecule has 2 aliphatic rings. The van der Waals surface area contributed by atoms with Gasteiger partial charge in [0.2, 0.25) is 0 Å². The summed E-state index contributed by atoms with van der Waals surface area (Å²) in [5.41, 5.74) is 2.81. The van der Waals surface area contributed by atoms with Crippen molar-refractivity contribution in [2.75, 3.05) is 16.1 Å². The molecule has 1 N–H and O–H groups in total. The summed E-state index contributed by atoms with van der Waals surface area (Å²) in [6.07, 6.45) is 3.01. The van der Waals surface area contributed by atoms with Gasteiger partial charge in [0.25, 0.3) is 0 Å². The first-order valence-corrected chi connectivity index (χ1v) is 9.47.